The number of hydrogen-bond donors (Lipinski definition) is 2. The molecule has 168 valence electrons. The molecule has 2 aromatic carbocycles. The van der Waals surface area contributed by atoms with Gasteiger partial charge in [-0.15, -0.1) is 0 Å². The smallest absolute Gasteiger partial charge is 0.416 e. The van der Waals surface area contributed by atoms with E-state index in [1.54, 1.807) is 19.9 Å². The third-order valence-corrected chi connectivity index (χ3v) is 4.93. The van der Waals surface area contributed by atoms with Crippen LogP contribution in [0.3, 0.4) is 0 Å². The van der Waals surface area contributed by atoms with E-state index >= 15 is 0 Å². The largest absolute Gasteiger partial charge is 0.485 e. The van der Waals surface area contributed by atoms with Crippen molar-refractivity contribution in [2.24, 2.45) is 0 Å². The highest BCUT2D eigenvalue weighted by Gasteiger charge is 2.33. The number of rotatable bonds is 4. The molecule has 4 rings (SSSR count). The van der Waals surface area contributed by atoms with Crippen LogP contribution in [0, 0.1) is 12.7 Å². The van der Waals surface area contributed by atoms with Crippen LogP contribution in [0.25, 0.3) is 0 Å². The molecule has 0 aromatic heterocycles. The molecule has 0 radical (unpaired) electrons. The fourth-order valence-electron chi connectivity index (χ4n) is 2.92. The molecule has 2 unspecified atom stereocenters. The number of alkyl halides is 3. The van der Waals surface area contributed by atoms with Gasteiger partial charge in [0.2, 0.25) is 0 Å². The SMILES string of the molecule is C1CC1.C=C(NC(C)c1cc(C)c(N)cc1F)C1COc2cc(C(F)(F)F)ccc2O1. The van der Waals surface area contributed by atoms with E-state index in [2.05, 4.69) is 11.9 Å². The summed E-state index contributed by atoms with van der Waals surface area (Å²) in [4.78, 5) is 0. The minimum atomic E-state index is -4.46. The van der Waals surface area contributed by atoms with Crippen LogP contribution >= 0.6 is 0 Å². The molecule has 0 saturated heterocycles. The Kier molecular flexibility index (Phi) is 6.67. The summed E-state index contributed by atoms with van der Waals surface area (Å²) in [5.41, 5.74) is 6.85. The van der Waals surface area contributed by atoms with Gasteiger partial charge in [0.15, 0.2) is 17.6 Å². The first-order valence-electron chi connectivity index (χ1n) is 10.1. The van der Waals surface area contributed by atoms with Gasteiger partial charge in [-0.05, 0) is 49.7 Å². The summed E-state index contributed by atoms with van der Waals surface area (Å²) >= 11 is 0. The molecule has 31 heavy (non-hydrogen) atoms. The Bertz CT molecular complexity index is 955. The molecule has 0 amide bonds. The molecule has 0 bridgehead atoms. The molecule has 1 heterocycles. The Morgan fingerprint density at radius 2 is 1.84 bits per heavy atom. The number of aryl methyl sites for hydroxylation is 1. The Morgan fingerprint density at radius 1 is 1.16 bits per heavy atom. The summed E-state index contributed by atoms with van der Waals surface area (Å²) in [6.45, 7) is 7.42. The molecule has 1 aliphatic heterocycles. The minimum absolute atomic E-state index is 0.0177. The zero-order chi connectivity index (χ0) is 22.8. The van der Waals surface area contributed by atoms with Gasteiger partial charge in [0, 0.05) is 16.9 Å². The van der Waals surface area contributed by atoms with Gasteiger partial charge in [-0.1, -0.05) is 25.8 Å². The second-order valence-corrected chi connectivity index (χ2v) is 7.76. The average molecular weight is 438 g/mol. The average Bonchev–Trinajstić information content (AvgIpc) is 3.58. The van der Waals surface area contributed by atoms with Crippen LogP contribution in [-0.4, -0.2) is 12.7 Å². The number of nitrogens with two attached hydrogens (primary N) is 1. The van der Waals surface area contributed by atoms with E-state index in [4.69, 9.17) is 15.2 Å². The number of anilines is 1. The molecule has 3 N–H and O–H groups in total. The summed E-state index contributed by atoms with van der Waals surface area (Å²) in [5, 5.41) is 3.06. The predicted molar refractivity (Wildman–Crippen MR) is 111 cm³/mol. The maximum absolute atomic E-state index is 14.2. The first-order chi connectivity index (χ1) is 14.6. The number of nitrogen functional groups attached to an aromatic ring is 1. The third-order valence-electron chi connectivity index (χ3n) is 4.93. The van der Waals surface area contributed by atoms with Crippen molar-refractivity contribution in [3.05, 3.63) is 65.1 Å². The molecular weight excluding hydrogens is 412 g/mol. The first kappa shape index (κ1) is 22.8. The summed E-state index contributed by atoms with van der Waals surface area (Å²) in [6, 6.07) is 5.53. The molecule has 8 heteroatoms. The van der Waals surface area contributed by atoms with Crippen molar-refractivity contribution >= 4 is 5.69 Å². The van der Waals surface area contributed by atoms with Crippen LogP contribution in [0.15, 0.2) is 42.6 Å². The lowest BCUT2D eigenvalue weighted by Gasteiger charge is -2.30. The van der Waals surface area contributed by atoms with Crippen LogP contribution in [0.1, 0.15) is 48.9 Å². The zero-order valence-electron chi connectivity index (χ0n) is 17.5. The van der Waals surface area contributed by atoms with Crippen LogP contribution in [-0.2, 0) is 6.18 Å². The van der Waals surface area contributed by atoms with Crippen molar-refractivity contribution in [2.75, 3.05) is 12.3 Å². The number of hydrogen-bond acceptors (Lipinski definition) is 4. The van der Waals surface area contributed by atoms with E-state index in [0.29, 0.717) is 16.9 Å². The first-order valence-corrected chi connectivity index (χ1v) is 10.1. The van der Waals surface area contributed by atoms with E-state index in [1.165, 1.54) is 31.4 Å². The molecule has 2 aromatic rings. The Morgan fingerprint density at radius 3 is 2.45 bits per heavy atom. The molecule has 1 aliphatic carbocycles. The normalized spacial score (nSPS) is 17.8. The number of ether oxygens (including phenoxy) is 2. The highest BCUT2D eigenvalue weighted by atomic mass is 19.4. The molecule has 1 saturated carbocycles. The maximum Gasteiger partial charge on any atom is 0.416 e. The number of halogens is 4. The van der Waals surface area contributed by atoms with E-state index in [1.807, 2.05) is 0 Å². The second-order valence-electron chi connectivity index (χ2n) is 7.76. The maximum atomic E-state index is 14.2. The lowest BCUT2D eigenvalue weighted by molar-refractivity contribution is -0.137. The Balaban J connectivity index is 0.000000834. The van der Waals surface area contributed by atoms with Gasteiger partial charge >= 0.3 is 6.18 Å². The molecule has 4 nitrogen and oxygen atoms in total. The van der Waals surface area contributed by atoms with Crippen molar-refractivity contribution in [1.29, 1.82) is 0 Å². The fraction of sp³-hybridized carbons (Fsp3) is 0.391. The highest BCUT2D eigenvalue weighted by Crippen LogP contribution is 2.39. The quantitative estimate of drug-likeness (QED) is 0.460. The van der Waals surface area contributed by atoms with E-state index in [0.717, 1.165) is 17.7 Å². The zero-order valence-corrected chi connectivity index (χ0v) is 17.5. The van der Waals surface area contributed by atoms with Crippen LogP contribution in [0.4, 0.5) is 23.2 Å². The second kappa shape index (κ2) is 9.08. The van der Waals surface area contributed by atoms with Gasteiger partial charge < -0.3 is 20.5 Å². The summed E-state index contributed by atoms with van der Waals surface area (Å²) in [5.74, 6) is -0.233. The van der Waals surface area contributed by atoms with Crippen molar-refractivity contribution in [3.8, 4) is 11.5 Å². The van der Waals surface area contributed by atoms with Gasteiger partial charge in [-0.2, -0.15) is 13.2 Å². The molecular formula is C23H26F4N2O2. The van der Waals surface area contributed by atoms with Gasteiger partial charge in [0.05, 0.1) is 11.6 Å². The Hall–Kier alpha value is -2.90. The van der Waals surface area contributed by atoms with E-state index in [-0.39, 0.29) is 18.1 Å². The van der Waals surface area contributed by atoms with Gasteiger partial charge in [-0.25, -0.2) is 4.39 Å². The van der Waals surface area contributed by atoms with E-state index < -0.39 is 29.7 Å². The van der Waals surface area contributed by atoms with Crippen molar-refractivity contribution in [1.82, 2.24) is 5.32 Å². The minimum Gasteiger partial charge on any atom is -0.485 e. The van der Waals surface area contributed by atoms with Crippen molar-refractivity contribution in [2.45, 2.75) is 51.4 Å². The van der Waals surface area contributed by atoms with Crippen molar-refractivity contribution in [3.63, 3.8) is 0 Å². The topological polar surface area (TPSA) is 56.5 Å². The fourth-order valence-corrected chi connectivity index (χ4v) is 2.92. The summed E-state index contributed by atoms with van der Waals surface area (Å²) in [7, 11) is 0. The van der Waals surface area contributed by atoms with Crippen LogP contribution in [0.2, 0.25) is 0 Å². The van der Waals surface area contributed by atoms with E-state index in [9.17, 15) is 17.6 Å². The third kappa shape index (κ3) is 5.83. The monoisotopic (exact) mass is 438 g/mol. The standard InChI is InChI=1S/C20H20F4N2O2.C3H6/c1-10-6-14(15(21)8-16(10)25)11(2)26-12(3)19-9-27-18-7-13(20(22,23)24)4-5-17(18)28-19;1-2-3-1/h4-8,11,19,26H,3,9,25H2,1-2H3;1-3H2. The van der Waals surface area contributed by atoms with Gasteiger partial charge in [-0.3, -0.25) is 0 Å². The number of nitrogens with one attached hydrogen (secondary N) is 1. The highest BCUT2D eigenvalue weighted by molar-refractivity contribution is 5.49. The van der Waals surface area contributed by atoms with Crippen LogP contribution in [0.5, 0.6) is 11.5 Å². The molecule has 0 spiro atoms. The molecule has 2 atom stereocenters. The lowest BCUT2D eigenvalue weighted by atomic mass is 10.0. The van der Waals surface area contributed by atoms with Gasteiger partial charge in [0.25, 0.3) is 0 Å². The summed E-state index contributed by atoms with van der Waals surface area (Å²) in [6.07, 6.45) is -0.596. The number of fused-ring (bicyclic) bond motifs is 1. The van der Waals surface area contributed by atoms with Gasteiger partial charge in [0.1, 0.15) is 12.4 Å². The summed E-state index contributed by atoms with van der Waals surface area (Å²) < 4.78 is 63.7. The molecule has 1 fully saturated rings. The lowest BCUT2D eigenvalue weighted by Crippen LogP contribution is -2.37. The van der Waals surface area contributed by atoms with Crippen LogP contribution < -0.4 is 20.5 Å². The van der Waals surface area contributed by atoms with Crippen molar-refractivity contribution < 1.29 is 27.0 Å². The number of benzene rings is 2. The predicted octanol–water partition coefficient (Wildman–Crippen LogP) is 5.91. The Labute approximate surface area is 179 Å². The molecule has 2 aliphatic rings.